The normalized spacial score (nSPS) is 26.0. The summed E-state index contributed by atoms with van der Waals surface area (Å²) < 4.78 is 12.9. The Morgan fingerprint density at radius 3 is 1.56 bits per heavy atom. The van der Waals surface area contributed by atoms with Crippen LogP contribution in [0.3, 0.4) is 0 Å². The third-order valence-electron chi connectivity index (χ3n) is 19.3. The van der Waals surface area contributed by atoms with Gasteiger partial charge in [-0.15, -0.1) is 5.10 Å². The van der Waals surface area contributed by atoms with Crippen molar-refractivity contribution < 1.29 is 87.4 Å². The van der Waals surface area contributed by atoms with Gasteiger partial charge in [0.1, 0.15) is 90.5 Å². The number of fused-ring (bicyclic) bond motifs is 1. The molecule has 0 bridgehead atoms. The number of phenolic OH excluding ortho intramolecular Hbond substituents is 1. The van der Waals surface area contributed by atoms with Crippen LogP contribution in [0.5, 0.6) is 5.75 Å². The summed E-state index contributed by atoms with van der Waals surface area (Å²) in [6.07, 6.45) is -6.23. The molecule has 0 aliphatic carbocycles. The molecule has 4 heterocycles. The first kappa shape index (κ1) is 85.8. The second-order valence-electron chi connectivity index (χ2n) is 28.9. The summed E-state index contributed by atoms with van der Waals surface area (Å²) in [6, 6.07) is 15.4. The summed E-state index contributed by atoms with van der Waals surface area (Å²) in [5, 5.41) is 77.4. The van der Waals surface area contributed by atoms with E-state index in [1.165, 1.54) is 47.0 Å². The first-order chi connectivity index (χ1) is 53.1. The maximum atomic E-state index is 15.5. The molecule has 3 saturated heterocycles. The first-order valence-electron chi connectivity index (χ1n) is 37.4. The molecule has 0 radical (unpaired) electrons. The Bertz CT molecular complexity index is 3970. The van der Waals surface area contributed by atoms with Crippen LogP contribution in [0.15, 0.2) is 121 Å². The van der Waals surface area contributed by atoms with Gasteiger partial charge in [-0.2, -0.15) is 0 Å². The first-order valence-corrected chi connectivity index (χ1v) is 37.4. The molecular weight excluding hydrogens is 1440 g/mol. The van der Waals surface area contributed by atoms with Crippen molar-refractivity contribution in [3.63, 3.8) is 0 Å². The lowest BCUT2D eigenvalue weighted by molar-refractivity contribution is -0.270. The SMILES string of the molecule is CC(=O)N[C@H]1[C@H](OCCn2cc(C[C@@H]3NC(=O)[C@@H](Cc4ccccc4)NC(=O)[C@H](Cc4ccccc4)NC(=O)[C@@H]4CCCN4C(=O)[C@@H](Cc4ccccc4)NC(=O)[C@H](CC(C)C)NC(=O)[C@H](CCCN)NC(=O)[C@H](C(C)C)NC(=O)[C@H](Cc4ccc(O)cc4)NC(=O)[C@H](CCC(N)=O)NC3=O)nn2)O[C@H](CO)[C@@H](O)[C@@H]1O. The van der Waals surface area contributed by atoms with Crippen LogP contribution in [0.2, 0.25) is 0 Å². The topological polar surface area (TPSA) is 511 Å². The van der Waals surface area contributed by atoms with Crippen molar-refractivity contribution in [3.05, 3.63) is 149 Å². The third kappa shape index (κ3) is 25.6. The Labute approximate surface area is 642 Å². The summed E-state index contributed by atoms with van der Waals surface area (Å²) in [5.74, 6) is -11.4. The fraction of sp³-hybridized carbons (Fsp3) is 0.506. The maximum absolute atomic E-state index is 15.5. The Kier molecular flexibility index (Phi) is 32.4. The van der Waals surface area contributed by atoms with Crippen LogP contribution in [0, 0.1) is 11.8 Å². The summed E-state index contributed by atoms with van der Waals surface area (Å²) >= 11 is 0. The molecule has 600 valence electrons. The summed E-state index contributed by atoms with van der Waals surface area (Å²) in [6.45, 7) is 7.06. The highest BCUT2D eigenvalue weighted by Gasteiger charge is 2.46. The molecule has 3 aliphatic rings. The number of nitrogens with zero attached hydrogens (tertiary/aromatic N) is 4. The van der Waals surface area contributed by atoms with Crippen molar-refractivity contribution in [1.29, 1.82) is 0 Å². The number of aliphatic hydroxyl groups excluding tert-OH is 3. The number of amides is 12. The quantitative estimate of drug-likeness (QED) is 0.0288. The minimum atomic E-state index is -1.77. The molecule has 1 aromatic heterocycles. The number of aliphatic hydroxyl groups is 3. The smallest absolute Gasteiger partial charge is 0.246 e. The molecule has 34 heteroatoms. The number of benzene rings is 4. The monoisotopic (exact) mass is 1540 g/mol. The van der Waals surface area contributed by atoms with Crippen LogP contribution >= 0.6 is 0 Å². The number of nitrogens with one attached hydrogen (secondary N) is 10. The lowest BCUT2D eigenvalue weighted by Gasteiger charge is -2.42. The van der Waals surface area contributed by atoms with Crippen LogP contribution in [0.1, 0.15) is 108 Å². The predicted molar refractivity (Wildman–Crippen MR) is 400 cm³/mol. The van der Waals surface area contributed by atoms with E-state index in [1.807, 2.05) is 13.8 Å². The van der Waals surface area contributed by atoms with Gasteiger partial charge in [0, 0.05) is 58.2 Å². The van der Waals surface area contributed by atoms with E-state index in [1.54, 1.807) is 105 Å². The number of hydrogen-bond acceptors (Lipinski definition) is 21. The highest BCUT2D eigenvalue weighted by atomic mass is 16.7. The van der Waals surface area contributed by atoms with E-state index in [2.05, 4.69) is 63.5 Å². The molecule has 111 heavy (non-hydrogen) atoms. The molecule has 15 atom stereocenters. The van der Waals surface area contributed by atoms with E-state index >= 15 is 33.6 Å². The lowest BCUT2D eigenvalue weighted by atomic mass is 9.97. The summed E-state index contributed by atoms with van der Waals surface area (Å²) in [4.78, 5) is 177. The number of primary amides is 1. The highest BCUT2D eigenvalue weighted by molar-refractivity contribution is 6.00. The van der Waals surface area contributed by atoms with E-state index in [-0.39, 0.29) is 95.0 Å². The number of ether oxygens (including phenoxy) is 2. The van der Waals surface area contributed by atoms with Gasteiger partial charge in [-0.1, -0.05) is 136 Å². The number of aromatic hydroxyl groups is 1. The summed E-state index contributed by atoms with van der Waals surface area (Å²) in [5.41, 5.74) is 13.8. The number of nitrogens with two attached hydrogens (primary N) is 2. The van der Waals surface area contributed by atoms with Crippen molar-refractivity contribution in [2.45, 2.75) is 209 Å². The van der Waals surface area contributed by atoms with Crippen molar-refractivity contribution in [2.75, 3.05) is 26.3 Å². The number of carbonyl (C=O) groups excluding carboxylic acids is 12. The van der Waals surface area contributed by atoms with Gasteiger partial charge in [0.25, 0.3) is 0 Å². The second kappa shape index (κ2) is 41.9. The molecule has 0 spiro atoms. The van der Waals surface area contributed by atoms with Gasteiger partial charge in [-0.25, -0.2) is 4.68 Å². The van der Waals surface area contributed by atoms with Gasteiger partial charge in [0.15, 0.2) is 6.29 Å². The number of aromatic nitrogens is 3. The van der Waals surface area contributed by atoms with E-state index in [4.69, 9.17) is 20.9 Å². The molecule has 18 N–H and O–H groups in total. The van der Waals surface area contributed by atoms with Crippen molar-refractivity contribution in [2.24, 2.45) is 23.3 Å². The number of carbonyl (C=O) groups is 12. The van der Waals surface area contributed by atoms with Gasteiger partial charge >= 0.3 is 0 Å². The molecular formula is C77H104N16O18. The zero-order valence-corrected chi connectivity index (χ0v) is 62.8. The Balaban J connectivity index is 1.21. The molecule has 4 aromatic carbocycles. The molecule has 34 nitrogen and oxygen atoms in total. The van der Waals surface area contributed by atoms with Gasteiger partial charge < -0.3 is 99.4 Å². The standard InChI is InChI=1S/C77H104N16O18/c1-43(2)35-54-69(102)88-59(39-48-21-13-8-14-22-48)76(109)93-32-16-24-60(93)74(107)87-56(37-47-19-11-7-12-20-47)71(104)85-55(36-46-17-9-6-10-18-46)70(103)86-58(40-50-41-92(91-90-50)33-34-110-77-64(80-45(5)95)66(99)65(98)61(42-94)111-77)72(105)81-53(29-30-62(79)97)68(101)84-57(38-49-25-27-51(96)28-26-49)73(106)89-63(44(3)4)75(108)82-52(23-15-31-78)67(100)83-54/h6-14,17-22,25-28,41,43-44,52-61,63-66,77,94,96,98-99H,15-16,23-24,29-40,42,78H2,1-5H3,(H2,79,97)(H,80,95)(H,81,105)(H,82,108)(H,83,100)(H,84,101)(H,85,104)(H,86,103)(H,87,107)(H,88,102)(H,89,106)/t52-,53-,54-,55+,56-,57-,58-,59+,60-,61+,63-,64+,65+,66+,77+/m0/s1. The second-order valence-corrected chi connectivity index (χ2v) is 28.9. The van der Waals surface area contributed by atoms with Crippen LogP contribution in [0.25, 0.3) is 0 Å². The van der Waals surface area contributed by atoms with E-state index in [0.29, 0.717) is 28.7 Å². The van der Waals surface area contributed by atoms with Gasteiger partial charge in [0.2, 0.25) is 70.9 Å². The van der Waals surface area contributed by atoms with Crippen LogP contribution in [-0.2, 0) is 106 Å². The summed E-state index contributed by atoms with van der Waals surface area (Å²) in [7, 11) is 0. The van der Waals surface area contributed by atoms with Crippen LogP contribution in [0.4, 0.5) is 0 Å². The molecule has 8 rings (SSSR count). The van der Waals surface area contributed by atoms with E-state index in [0.717, 1.165) is 0 Å². The fourth-order valence-electron chi connectivity index (χ4n) is 13.4. The molecule has 12 amide bonds. The molecule has 0 saturated carbocycles. The average molecular weight is 1540 g/mol. The molecule has 5 aromatic rings. The predicted octanol–water partition coefficient (Wildman–Crippen LogP) is -2.47. The van der Waals surface area contributed by atoms with E-state index < -0.39 is 194 Å². The maximum Gasteiger partial charge on any atom is 0.246 e. The third-order valence-corrected chi connectivity index (χ3v) is 19.3. The average Bonchev–Trinajstić information content (AvgIpc) is 1.73. The van der Waals surface area contributed by atoms with Gasteiger partial charge in [-0.05, 0) is 91.3 Å². The highest BCUT2D eigenvalue weighted by Crippen LogP contribution is 2.25. The Hall–Kier alpha value is -10.8. The minimum absolute atomic E-state index is 0.0215. The lowest BCUT2D eigenvalue weighted by Crippen LogP contribution is -2.64. The number of hydrogen-bond donors (Lipinski definition) is 16. The van der Waals surface area contributed by atoms with Crippen molar-refractivity contribution in [1.82, 2.24) is 73.1 Å². The van der Waals surface area contributed by atoms with Crippen molar-refractivity contribution >= 4 is 70.9 Å². The molecule has 3 fully saturated rings. The zero-order chi connectivity index (χ0) is 80.4. The van der Waals surface area contributed by atoms with Crippen LogP contribution in [-0.4, -0.2) is 229 Å². The molecule has 0 unspecified atom stereocenters. The zero-order valence-electron chi connectivity index (χ0n) is 62.8. The Morgan fingerprint density at radius 2 is 1.05 bits per heavy atom. The van der Waals surface area contributed by atoms with Gasteiger partial charge in [-0.3, -0.25) is 57.5 Å². The van der Waals surface area contributed by atoms with Crippen molar-refractivity contribution in [3.8, 4) is 5.75 Å². The van der Waals surface area contributed by atoms with E-state index in [9.17, 15) is 44.4 Å². The van der Waals surface area contributed by atoms with Crippen LogP contribution < -0.4 is 64.6 Å². The molecule has 3 aliphatic heterocycles. The largest absolute Gasteiger partial charge is 0.508 e. The van der Waals surface area contributed by atoms with Gasteiger partial charge in [0.05, 0.1) is 25.5 Å². The number of rotatable bonds is 25. The number of phenols is 1. The minimum Gasteiger partial charge on any atom is -0.508 e. The Morgan fingerprint density at radius 1 is 0.586 bits per heavy atom. The fourth-order valence-corrected chi connectivity index (χ4v) is 13.4.